The number of benzene rings is 2. The fraction of sp³-hybridized carbons (Fsp3) is 0.350. The van der Waals surface area contributed by atoms with E-state index < -0.39 is 10.0 Å². The summed E-state index contributed by atoms with van der Waals surface area (Å²) in [5.41, 5.74) is 2.64. The zero-order chi connectivity index (χ0) is 20.0. The molecule has 1 amide bonds. The van der Waals surface area contributed by atoms with E-state index in [9.17, 15) is 13.2 Å². The number of sulfonamides is 1. The Labute approximate surface area is 165 Å². The fourth-order valence-electron chi connectivity index (χ4n) is 2.89. The zero-order valence-corrected chi connectivity index (χ0v) is 16.7. The first-order valence-corrected chi connectivity index (χ1v) is 10.7. The topological polar surface area (TPSA) is 87.7 Å². The van der Waals surface area contributed by atoms with E-state index in [0.717, 1.165) is 12.1 Å². The highest BCUT2D eigenvalue weighted by Gasteiger charge is 2.26. The van der Waals surface area contributed by atoms with E-state index in [1.165, 1.54) is 9.87 Å². The third-order valence-corrected chi connectivity index (χ3v) is 6.47. The van der Waals surface area contributed by atoms with Crippen molar-refractivity contribution in [1.82, 2.24) is 4.31 Å². The molecule has 2 aromatic rings. The normalized spacial score (nSPS) is 15.2. The molecule has 2 N–H and O–H groups in total. The second-order valence-electron chi connectivity index (χ2n) is 6.49. The van der Waals surface area contributed by atoms with Crippen LogP contribution >= 0.6 is 0 Å². The van der Waals surface area contributed by atoms with Crippen LogP contribution in [0, 0.1) is 0 Å². The van der Waals surface area contributed by atoms with Gasteiger partial charge in [-0.25, -0.2) is 8.42 Å². The molecule has 0 unspecified atom stereocenters. The molecule has 2 aromatic carbocycles. The molecule has 28 heavy (non-hydrogen) atoms. The molecule has 0 bridgehead atoms. The first-order valence-electron chi connectivity index (χ1n) is 9.29. The molecule has 0 aromatic heterocycles. The van der Waals surface area contributed by atoms with Crippen molar-refractivity contribution in [3.05, 3.63) is 54.1 Å². The Balaban J connectivity index is 1.54. The van der Waals surface area contributed by atoms with Gasteiger partial charge in [0, 0.05) is 24.5 Å². The number of anilines is 2. The van der Waals surface area contributed by atoms with E-state index in [-0.39, 0.29) is 17.3 Å². The van der Waals surface area contributed by atoms with Gasteiger partial charge >= 0.3 is 0 Å². The molecule has 0 spiro atoms. The van der Waals surface area contributed by atoms with Crippen LogP contribution in [-0.2, 0) is 26.0 Å². The Hall–Kier alpha value is -2.42. The van der Waals surface area contributed by atoms with Gasteiger partial charge in [0.15, 0.2) is 0 Å². The molecule has 1 saturated heterocycles. The number of rotatable bonds is 7. The molecule has 0 atom stereocenters. The average Bonchev–Trinajstić information content (AvgIpc) is 2.74. The summed E-state index contributed by atoms with van der Waals surface area (Å²) >= 11 is 0. The summed E-state index contributed by atoms with van der Waals surface area (Å²) < 4.78 is 31.8. The molecule has 150 valence electrons. The van der Waals surface area contributed by atoms with Gasteiger partial charge < -0.3 is 15.4 Å². The summed E-state index contributed by atoms with van der Waals surface area (Å²) in [5.74, 6) is -0.172. The number of carbonyl (C=O) groups excluding carboxylic acids is 1. The molecule has 0 radical (unpaired) electrons. The SMILES string of the molecule is CCc1ccc(NC(=O)CNc2ccc(S(=O)(=O)N3CCOCC3)cc2)cc1. The number of ether oxygens (including phenoxy) is 1. The van der Waals surface area contributed by atoms with Gasteiger partial charge in [-0.05, 0) is 48.4 Å². The summed E-state index contributed by atoms with van der Waals surface area (Å²) in [6, 6.07) is 14.1. The first-order chi connectivity index (χ1) is 13.5. The van der Waals surface area contributed by atoms with E-state index >= 15 is 0 Å². The second kappa shape index (κ2) is 9.18. The molecular weight excluding hydrogens is 378 g/mol. The van der Waals surface area contributed by atoms with Crippen molar-refractivity contribution in [1.29, 1.82) is 0 Å². The molecule has 1 aliphatic heterocycles. The zero-order valence-electron chi connectivity index (χ0n) is 15.8. The van der Waals surface area contributed by atoms with Crippen molar-refractivity contribution in [3.8, 4) is 0 Å². The van der Waals surface area contributed by atoms with Crippen molar-refractivity contribution in [3.63, 3.8) is 0 Å². The van der Waals surface area contributed by atoms with Crippen LogP contribution in [0.25, 0.3) is 0 Å². The van der Waals surface area contributed by atoms with Gasteiger partial charge in [-0.1, -0.05) is 19.1 Å². The minimum Gasteiger partial charge on any atom is -0.379 e. The van der Waals surface area contributed by atoms with E-state index in [2.05, 4.69) is 17.6 Å². The summed E-state index contributed by atoms with van der Waals surface area (Å²) in [6.07, 6.45) is 0.951. The quantitative estimate of drug-likeness (QED) is 0.741. The maximum atomic E-state index is 12.6. The minimum absolute atomic E-state index is 0.0884. The van der Waals surface area contributed by atoms with Crippen LogP contribution in [0.5, 0.6) is 0 Å². The predicted octanol–water partition coefficient (Wildman–Crippen LogP) is 2.32. The van der Waals surface area contributed by atoms with E-state index in [4.69, 9.17) is 4.74 Å². The van der Waals surface area contributed by atoms with Crippen molar-refractivity contribution in [2.45, 2.75) is 18.2 Å². The highest BCUT2D eigenvalue weighted by atomic mass is 32.2. The molecule has 0 saturated carbocycles. The van der Waals surface area contributed by atoms with E-state index in [0.29, 0.717) is 32.0 Å². The Morgan fingerprint density at radius 2 is 1.61 bits per heavy atom. The van der Waals surface area contributed by atoms with Crippen LogP contribution < -0.4 is 10.6 Å². The molecule has 1 aliphatic rings. The first kappa shape index (κ1) is 20.3. The van der Waals surface area contributed by atoms with Crippen LogP contribution in [0.4, 0.5) is 11.4 Å². The summed E-state index contributed by atoms with van der Waals surface area (Å²) in [4.78, 5) is 12.3. The Kier molecular flexibility index (Phi) is 6.66. The average molecular weight is 404 g/mol. The highest BCUT2D eigenvalue weighted by Crippen LogP contribution is 2.19. The molecule has 8 heteroatoms. The van der Waals surface area contributed by atoms with Crippen LogP contribution in [0.15, 0.2) is 53.4 Å². The summed E-state index contributed by atoms with van der Waals surface area (Å²) in [7, 11) is -3.51. The number of nitrogens with zero attached hydrogens (tertiary/aromatic N) is 1. The van der Waals surface area contributed by atoms with E-state index in [1.807, 2.05) is 24.3 Å². The maximum Gasteiger partial charge on any atom is 0.243 e. The molecule has 7 nitrogen and oxygen atoms in total. The Morgan fingerprint density at radius 3 is 2.21 bits per heavy atom. The van der Waals surface area contributed by atoms with Crippen LogP contribution in [-0.4, -0.2) is 51.5 Å². The number of nitrogens with one attached hydrogen (secondary N) is 2. The van der Waals surface area contributed by atoms with Crippen molar-refractivity contribution < 1.29 is 17.9 Å². The van der Waals surface area contributed by atoms with E-state index in [1.54, 1.807) is 24.3 Å². The predicted molar refractivity (Wildman–Crippen MR) is 109 cm³/mol. The number of aryl methyl sites for hydroxylation is 1. The smallest absolute Gasteiger partial charge is 0.243 e. The van der Waals surface area contributed by atoms with Crippen molar-refractivity contribution >= 4 is 27.3 Å². The van der Waals surface area contributed by atoms with Gasteiger partial charge in [-0.15, -0.1) is 0 Å². The van der Waals surface area contributed by atoms with Crippen LogP contribution in [0.3, 0.4) is 0 Å². The standard InChI is InChI=1S/C20H25N3O4S/c1-2-16-3-5-18(6-4-16)22-20(24)15-21-17-7-9-19(10-8-17)28(25,26)23-11-13-27-14-12-23/h3-10,21H,2,11-15H2,1H3,(H,22,24). The third kappa shape index (κ3) is 5.09. The molecule has 0 aliphatic carbocycles. The fourth-order valence-corrected chi connectivity index (χ4v) is 4.30. The lowest BCUT2D eigenvalue weighted by molar-refractivity contribution is -0.114. The van der Waals surface area contributed by atoms with Gasteiger partial charge in [-0.2, -0.15) is 4.31 Å². The van der Waals surface area contributed by atoms with Crippen molar-refractivity contribution in [2.24, 2.45) is 0 Å². The van der Waals surface area contributed by atoms with Gasteiger partial charge in [-0.3, -0.25) is 4.79 Å². The van der Waals surface area contributed by atoms with Gasteiger partial charge in [0.05, 0.1) is 24.7 Å². The Bertz CT molecular complexity index is 890. The maximum absolute atomic E-state index is 12.6. The highest BCUT2D eigenvalue weighted by molar-refractivity contribution is 7.89. The van der Waals surface area contributed by atoms with Crippen molar-refractivity contribution in [2.75, 3.05) is 43.5 Å². The number of hydrogen-bond acceptors (Lipinski definition) is 5. The summed E-state index contributed by atoms with van der Waals surface area (Å²) in [5, 5.41) is 5.83. The lowest BCUT2D eigenvalue weighted by atomic mass is 10.1. The Morgan fingerprint density at radius 1 is 1.00 bits per heavy atom. The largest absolute Gasteiger partial charge is 0.379 e. The number of carbonyl (C=O) groups is 1. The van der Waals surface area contributed by atoms with Crippen LogP contribution in [0.1, 0.15) is 12.5 Å². The second-order valence-corrected chi connectivity index (χ2v) is 8.43. The number of morpholine rings is 1. The monoisotopic (exact) mass is 403 g/mol. The van der Waals surface area contributed by atoms with Gasteiger partial charge in [0.2, 0.25) is 15.9 Å². The minimum atomic E-state index is -3.51. The molecule has 3 rings (SSSR count). The number of hydrogen-bond donors (Lipinski definition) is 2. The molecular formula is C20H25N3O4S. The third-order valence-electron chi connectivity index (χ3n) is 4.56. The van der Waals surface area contributed by atoms with Gasteiger partial charge in [0.1, 0.15) is 0 Å². The van der Waals surface area contributed by atoms with Crippen LogP contribution in [0.2, 0.25) is 0 Å². The number of amides is 1. The lowest BCUT2D eigenvalue weighted by Crippen LogP contribution is -2.40. The van der Waals surface area contributed by atoms with Gasteiger partial charge in [0.25, 0.3) is 0 Å². The molecule has 1 heterocycles. The lowest BCUT2D eigenvalue weighted by Gasteiger charge is -2.26. The molecule has 1 fully saturated rings. The summed E-state index contributed by atoms with van der Waals surface area (Å²) in [6.45, 7) is 3.72.